The van der Waals surface area contributed by atoms with Crippen LogP contribution in [-0.4, -0.2) is 0 Å². The summed E-state index contributed by atoms with van der Waals surface area (Å²) in [5, 5.41) is 0. The van der Waals surface area contributed by atoms with Gasteiger partial charge in [0.1, 0.15) is 0 Å². The van der Waals surface area contributed by atoms with Gasteiger partial charge in [-0.2, -0.15) is 0 Å². The molecule has 0 saturated carbocycles. The van der Waals surface area contributed by atoms with Crippen LogP contribution in [0.2, 0.25) is 0 Å². The lowest BCUT2D eigenvalue weighted by atomic mass is 9.94. The van der Waals surface area contributed by atoms with Gasteiger partial charge in [0.25, 0.3) is 0 Å². The second-order valence-electron chi connectivity index (χ2n) is 7.16. The van der Waals surface area contributed by atoms with E-state index in [1.165, 1.54) is 43.2 Å². The summed E-state index contributed by atoms with van der Waals surface area (Å²) in [6, 6.07) is 13.9. The first-order chi connectivity index (χ1) is 11.4. The number of fused-ring (bicyclic) bond motifs is 3. The van der Waals surface area contributed by atoms with Crippen molar-refractivity contribution in [2.24, 2.45) is 0 Å². The van der Waals surface area contributed by atoms with E-state index in [0.717, 1.165) is 12.8 Å². The monoisotopic (exact) mass is 298 g/mol. The van der Waals surface area contributed by atoms with E-state index in [4.69, 9.17) is 0 Å². The number of allylic oxidation sites excluding steroid dienone is 4. The van der Waals surface area contributed by atoms with Crippen molar-refractivity contribution in [3.05, 3.63) is 81.9 Å². The van der Waals surface area contributed by atoms with E-state index in [1.54, 1.807) is 33.4 Å². The average Bonchev–Trinajstić information content (AvgIpc) is 3.29. The van der Waals surface area contributed by atoms with Crippen LogP contribution >= 0.6 is 0 Å². The van der Waals surface area contributed by atoms with Crippen molar-refractivity contribution in [2.75, 3.05) is 0 Å². The average molecular weight is 298 g/mol. The van der Waals surface area contributed by atoms with Crippen molar-refractivity contribution in [1.82, 2.24) is 0 Å². The quantitative estimate of drug-likeness (QED) is 0.698. The SMILES string of the molecule is C1=C(CCC2=CCc3cc4c(cc32)CCC4)c2ccccc2C1. The van der Waals surface area contributed by atoms with Crippen LogP contribution in [0.5, 0.6) is 0 Å². The van der Waals surface area contributed by atoms with E-state index in [-0.39, 0.29) is 0 Å². The molecule has 0 radical (unpaired) electrons. The molecule has 0 N–H and O–H groups in total. The summed E-state index contributed by atoms with van der Waals surface area (Å²) in [5.74, 6) is 0. The van der Waals surface area contributed by atoms with E-state index >= 15 is 0 Å². The van der Waals surface area contributed by atoms with Gasteiger partial charge >= 0.3 is 0 Å². The van der Waals surface area contributed by atoms with Gasteiger partial charge < -0.3 is 0 Å². The van der Waals surface area contributed by atoms with Crippen molar-refractivity contribution in [3.63, 3.8) is 0 Å². The molecule has 23 heavy (non-hydrogen) atoms. The second-order valence-corrected chi connectivity index (χ2v) is 7.16. The third-order valence-corrected chi connectivity index (χ3v) is 5.83. The Morgan fingerprint density at radius 3 is 2.22 bits per heavy atom. The third-order valence-electron chi connectivity index (χ3n) is 5.83. The molecule has 0 bridgehead atoms. The summed E-state index contributed by atoms with van der Waals surface area (Å²) in [4.78, 5) is 0. The van der Waals surface area contributed by atoms with Gasteiger partial charge in [0.05, 0.1) is 0 Å². The molecule has 0 heteroatoms. The zero-order valence-electron chi connectivity index (χ0n) is 13.6. The molecule has 3 aliphatic rings. The van der Waals surface area contributed by atoms with Crippen molar-refractivity contribution < 1.29 is 0 Å². The van der Waals surface area contributed by atoms with Gasteiger partial charge in [-0.1, -0.05) is 48.6 Å². The van der Waals surface area contributed by atoms with Crippen molar-refractivity contribution >= 4 is 11.1 Å². The van der Waals surface area contributed by atoms with Crippen molar-refractivity contribution in [1.29, 1.82) is 0 Å². The first-order valence-corrected chi connectivity index (χ1v) is 9.00. The lowest BCUT2D eigenvalue weighted by Gasteiger charge is -2.10. The molecule has 0 unspecified atom stereocenters. The first-order valence-electron chi connectivity index (χ1n) is 9.00. The van der Waals surface area contributed by atoms with Crippen LogP contribution < -0.4 is 0 Å². The van der Waals surface area contributed by atoms with E-state index in [1.807, 2.05) is 0 Å². The fraction of sp³-hybridized carbons (Fsp3) is 0.304. The lowest BCUT2D eigenvalue weighted by Crippen LogP contribution is -1.92. The van der Waals surface area contributed by atoms with E-state index in [0.29, 0.717) is 0 Å². The smallest absolute Gasteiger partial charge is 0.00853 e. The number of aryl methyl sites for hydroxylation is 2. The van der Waals surface area contributed by atoms with Crippen molar-refractivity contribution in [2.45, 2.75) is 44.9 Å². The topological polar surface area (TPSA) is 0 Å². The summed E-state index contributed by atoms with van der Waals surface area (Å²) >= 11 is 0. The van der Waals surface area contributed by atoms with E-state index in [2.05, 4.69) is 48.6 Å². The number of benzene rings is 2. The van der Waals surface area contributed by atoms with Gasteiger partial charge in [-0.05, 0) is 89.5 Å². The minimum absolute atomic E-state index is 1.12. The third kappa shape index (κ3) is 2.20. The molecule has 0 aliphatic heterocycles. The molecule has 0 aromatic heterocycles. The predicted molar refractivity (Wildman–Crippen MR) is 97.5 cm³/mol. The zero-order chi connectivity index (χ0) is 15.2. The first kappa shape index (κ1) is 13.4. The van der Waals surface area contributed by atoms with E-state index < -0.39 is 0 Å². The summed E-state index contributed by atoms with van der Waals surface area (Å²) in [7, 11) is 0. The molecule has 0 atom stereocenters. The van der Waals surface area contributed by atoms with Gasteiger partial charge in [0, 0.05) is 0 Å². The van der Waals surface area contributed by atoms with Crippen LogP contribution in [0.1, 0.15) is 52.6 Å². The highest BCUT2D eigenvalue weighted by Gasteiger charge is 2.20. The molecule has 2 aromatic carbocycles. The second kappa shape index (κ2) is 5.23. The van der Waals surface area contributed by atoms with Crippen LogP contribution in [0, 0.1) is 0 Å². The van der Waals surface area contributed by atoms with Crippen LogP contribution in [0.3, 0.4) is 0 Å². The molecule has 0 fully saturated rings. The van der Waals surface area contributed by atoms with Crippen LogP contribution in [0.25, 0.3) is 11.1 Å². The maximum absolute atomic E-state index is 2.51. The van der Waals surface area contributed by atoms with E-state index in [9.17, 15) is 0 Å². The Balaban J connectivity index is 1.36. The molecule has 0 nitrogen and oxygen atoms in total. The fourth-order valence-corrected chi connectivity index (χ4v) is 4.58. The fourth-order valence-electron chi connectivity index (χ4n) is 4.58. The lowest BCUT2D eigenvalue weighted by molar-refractivity contribution is 0.911. The standard InChI is InChI=1S/C23H22/c1-2-7-22-16(4-1)8-9-17(22)10-11-18-12-13-21-14-19-5-3-6-20(19)15-23(18)21/h1-2,4,7,9,12,14-15H,3,5-6,8,10-11,13H2. The molecule has 0 spiro atoms. The number of hydrogen-bond donors (Lipinski definition) is 0. The Labute approximate surface area is 138 Å². The minimum Gasteiger partial charge on any atom is -0.0763 e. The molecule has 0 amide bonds. The van der Waals surface area contributed by atoms with Gasteiger partial charge in [-0.3, -0.25) is 0 Å². The molecular formula is C23H22. The molecule has 2 aromatic rings. The highest BCUT2D eigenvalue weighted by Crippen LogP contribution is 2.38. The molecule has 114 valence electrons. The van der Waals surface area contributed by atoms with Crippen LogP contribution in [0.4, 0.5) is 0 Å². The normalized spacial score (nSPS) is 17.6. The number of hydrogen-bond acceptors (Lipinski definition) is 0. The van der Waals surface area contributed by atoms with Crippen LogP contribution in [0.15, 0.2) is 48.6 Å². The molecule has 3 aliphatic carbocycles. The van der Waals surface area contributed by atoms with Gasteiger partial charge in [0.2, 0.25) is 0 Å². The van der Waals surface area contributed by atoms with Gasteiger partial charge in [-0.15, -0.1) is 0 Å². The minimum atomic E-state index is 1.12. The largest absolute Gasteiger partial charge is 0.0763 e. The maximum Gasteiger partial charge on any atom is -0.00853 e. The molecule has 0 saturated heterocycles. The highest BCUT2D eigenvalue weighted by atomic mass is 14.3. The van der Waals surface area contributed by atoms with Crippen LogP contribution in [-0.2, 0) is 25.7 Å². The predicted octanol–water partition coefficient (Wildman–Crippen LogP) is 5.53. The summed E-state index contributed by atoms with van der Waals surface area (Å²) < 4.78 is 0. The molecular weight excluding hydrogens is 276 g/mol. The van der Waals surface area contributed by atoms with Crippen molar-refractivity contribution in [3.8, 4) is 0 Å². The molecule has 0 heterocycles. The Hall–Kier alpha value is -2.08. The Bertz CT molecular complexity index is 848. The Kier molecular flexibility index (Phi) is 3.04. The highest BCUT2D eigenvalue weighted by molar-refractivity contribution is 5.78. The molecule has 5 rings (SSSR count). The maximum atomic E-state index is 2.51. The Morgan fingerprint density at radius 2 is 1.35 bits per heavy atom. The zero-order valence-corrected chi connectivity index (χ0v) is 13.6. The number of rotatable bonds is 3. The summed E-state index contributed by atoms with van der Waals surface area (Å²) in [5.41, 5.74) is 12.5. The summed E-state index contributed by atoms with van der Waals surface area (Å²) in [6.45, 7) is 0. The van der Waals surface area contributed by atoms with Gasteiger partial charge in [-0.25, -0.2) is 0 Å². The summed E-state index contributed by atoms with van der Waals surface area (Å²) in [6.07, 6.45) is 13.5. The van der Waals surface area contributed by atoms with Gasteiger partial charge in [0.15, 0.2) is 0 Å². The Morgan fingerprint density at radius 1 is 0.652 bits per heavy atom.